The third-order valence-electron chi connectivity index (χ3n) is 4.70. The van der Waals surface area contributed by atoms with Crippen LogP contribution in [0, 0.1) is 6.92 Å². The van der Waals surface area contributed by atoms with Crippen molar-refractivity contribution in [3.63, 3.8) is 0 Å². The summed E-state index contributed by atoms with van der Waals surface area (Å²) in [4.78, 5) is 20.4. The van der Waals surface area contributed by atoms with Crippen molar-refractivity contribution in [2.24, 2.45) is 0 Å². The number of benzene rings is 1. The Hall–Kier alpha value is -2.27. The Morgan fingerprint density at radius 2 is 1.81 bits per heavy atom. The molecular weight excluding hydrogens is 356 g/mol. The van der Waals surface area contributed by atoms with Crippen LogP contribution in [0.1, 0.15) is 45.7 Å². The predicted octanol–water partition coefficient (Wildman–Crippen LogP) is 5.79. The van der Waals surface area contributed by atoms with E-state index in [9.17, 15) is 9.90 Å². The molecule has 0 unspecified atom stereocenters. The molecule has 0 amide bonds. The maximum Gasteiger partial charge on any atom is 0.319 e. The lowest BCUT2D eigenvalue weighted by Crippen LogP contribution is -2.27. The number of aryl methyl sites for hydroxylation is 1. The fourth-order valence-electron chi connectivity index (χ4n) is 2.88. The molecule has 1 aromatic carbocycles. The number of carbonyl (C=O) groups is 1. The van der Waals surface area contributed by atoms with Crippen LogP contribution in [0.4, 0.5) is 0 Å². The Labute approximate surface area is 164 Å². The Morgan fingerprint density at radius 3 is 2.44 bits per heavy atom. The predicted molar refractivity (Wildman–Crippen MR) is 113 cm³/mol. The van der Waals surface area contributed by atoms with Gasteiger partial charge in [0.1, 0.15) is 4.75 Å². The molecule has 0 aliphatic rings. The molecule has 0 bridgehead atoms. The van der Waals surface area contributed by atoms with Crippen molar-refractivity contribution >= 4 is 28.6 Å². The minimum absolute atomic E-state index is 0.0620. The topological polar surface area (TPSA) is 66.0 Å². The largest absolute Gasteiger partial charge is 0.480 e. The molecule has 0 aliphatic heterocycles. The average molecular weight is 383 g/mol. The number of aliphatic carboxylic acids is 1. The van der Waals surface area contributed by atoms with Crippen LogP contribution >= 0.6 is 11.8 Å². The lowest BCUT2D eigenvalue weighted by atomic mass is 9.87. The van der Waals surface area contributed by atoms with Crippen LogP contribution in [-0.2, 0) is 10.2 Å². The highest BCUT2D eigenvalue weighted by Crippen LogP contribution is 2.37. The highest BCUT2D eigenvalue weighted by atomic mass is 32.2. The summed E-state index contributed by atoms with van der Waals surface area (Å²) in [6.45, 7) is 12.0. The highest BCUT2D eigenvalue weighted by Gasteiger charge is 2.29. The summed E-state index contributed by atoms with van der Waals surface area (Å²) in [5.41, 5.74) is 5.27. The summed E-state index contributed by atoms with van der Waals surface area (Å²) < 4.78 is -0.875. The number of fused-ring (bicyclic) bond motifs is 1. The first-order valence-electron chi connectivity index (χ1n) is 9.00. The zero-order valence-corrected chi connectivity index (χ0v) is 17.5. The van der Waals surface area contributed by atoms with Gasteiger partial charge in [-0.15, -0.1) is 11.8 Å². The van der Waals surface area contributed by atoms with Gasteiger partial charge in [0.2, 0.25) is 0 Å². The van der Waals surface area contributed by atoms with Crippen molar-refractivity contribution in [1.82, 2.24) is 9.97 Å². The second-order valence-electron chi connectivity index (χ2n) is 8.49. The number of carboxylic acids is 1. The van der Waals surface area contributed by atoms with E-state index in [4.69, 9.17) is 0 Å². The molecule has 0 aliphatic carbocycles. The van der Waals surface area contributed by atoms with Gasteiger partial charge in [-0.25, -0.2) is 0 Å². The number of aromatic amines is 1. The fourth-order valence-corrected chi connectivity index (χ4v) is 3.92. The molecule has 4 nitrogen and oxygen atoms in total. The number of thioether (sulfide) groups is 1. The second kappa shape index (κ2) is 6.71. The number of aromatic nitrogens is 2. The molecule has 0 saturated carbocycles. The molecule has 5 heteroatoms. The Balaban J connectivity index is 2.03. The number of pyridine rings is 1. The van der Waals surface area contributed by atoms with E-state index in [0.29, 0.717) is 0 Å². The molecule has 0 atom stereocenters. The van der Waals surface area contributed by atoms with Gasteiger partial charge in [-0.2, -0.15) is 0 Å². The van der Waals surface area contributed by atoms with Gasteiger partial charge in [-0.3, -0.25) is 9.78 Å². The van der Waals surface area contributed by atoms with Gasteiger partial charge >= 0.3 is 5.97 Å². The number of rotatable bonds is 4. The lowest BCUT2D eigenvalue weighted by Gasteiger charge is -2.19. The summed E-state index contributed by atoms with van der Waals surface area (Å²) in [6.07, 6.45) is 1.85. The molecule has 27 heavy (non-hydrogen) atoms. The first kappa shape index (κ1) is 19.5. The third-order valence-corrected chi connectivity index (χ3v) is 6.04. The smallest absolute Gasteiger partial charge is 0.319 e. The van der Waals surface area contributed by atoms with Crippen molar-refractivity contribution in [1.29, 1.82) is 0 Å². The molecule has 0 radical (unpaired) electrons. The van der Waals surface area contributed by atoms with E-state index in [1.54, 1.807) is 13.8 Å². The van der Waals surface area contributed by atoms with E-state index in [0.717, 1.165) is 32.7 Å². The molecule has 3 rings (SSSR count). The Bertz CT molecular complexity index is 1010. The van der Waals surface area contributed by atoms with Gasteiger partial charge in [0.05, 0.1) is 11.4 Å². The first-order chi connectivity index (χ1) is 12.5. The van der Waals surface area contributed by atoms with Crippen molar-refractivity contribution in [2.75, 3.05) is 0 Å². The van der Waals surface area contributed by atoms with E-state index >= 15 is 0 Å². The van der Waals surface area contributed by atoms with Crippen LogP contribution in [0.2, 0.25) is 0 Å². The van der Waals surface area contributed by atoms with E-state index in [1.807, 2.05) is 13.1 Å². The second-order valence-corrected chi connectivity index (χ2v) is 10.1. The molecular formula is C22H26N2O2S. The number of nitrogens with one attached hydrogen (secondary N) is 1. The average Bonchev–Trinajstić information content (AvgIpc) is 2.97. The molecule has 0 spiro atoms. The summed E-state index contributed by atoms with van der Waals surface area (Å²) >= 11 is 1.38. The van der Waals surface area contributed by atoms with Gasteiger partial charge in [0.25, 0.3) is 0 Å². The standard InChI is InChI=1S/C22H26N2O2S/c1-13-9-16-14(11-19(13)27-22(5,6)20(25)26)10-18(24-16)17-12-15(7-8-23-17)21(2,3)4/h7-12,24H,1-6H3,(H,25,26). The summed E-state index contributed by atoms with van der Waals surface area (Å²) in [5.74, 6) is -0.815. The van der Waals surface area contributed by atoms with Crippen molar-refractivity contribution < 1.29 is 9.90 Å². The molecule has 3 aromatic rings. The first-order valence-corrected chi connectivity index (χ1v) is 9.82. The zero-order valence-electron chi connectivity index (χ0n) is 16.7. The van der Waals surface area contributed by atoms with Gasteiger partial charge in [0.15, 0.2) is 0 Å². The zero-order chi connectivity index (χ0) is 20.0. The van der Waals surface area contributed by atoms with Gasteiger partial charge in [0, 0.05) is 22.0 Å². The number of hydrogen-bond donors (Lipinski definition) is 2. The SMILES string of the molecule is Cc1cc2[nH]c(-c3cc(C(C)(C)C)ccn3)cc2cc1SC(C)(C)C(=O)O. The molecule has 0 fully saturated rings. The summed E-state index contributed by atoms with van der Waals surface area (Å²) in [6, 6.07) is 10.4. The van der Waals surface area contributed by atoms with E-state index in [2.05, 4.69) is 61.1 Å². The number of nitrogens with zero attached hydrogens (tertiary/aromatic N) is 1. The number of hydrogen-bond acceptors (Lipinski definition) is 3. The normalized spacial score (nSPS) is 12.5. The van der Waals surface area contributed by atoms with Gasteiger partial charge in [-0.05, 0) is 67.6 Å². The van der Waals surface area contributed by atoms with Crippen LogP contribution in [0.25, 0.3) is 22.3 Å². The number of H-pyrrole nitrogens is 1. The molecule has 142 valence electrons. The Morgan fingerprint density at radius 1 is 1.11 bits per heavy atom. The van der Waals surface area contributed by atoms with Gasteiger partial charge < -0.3 is 10.1 Å². The molecule has 0 saturated heterocycles. The van der Waals surface area contributed by atoms with Crippen LogP contribution < -0.4 is 0 Å². The minimum Gasteiger partial charge on any atom is -0.480 e. The van der Waals surface area contributed by atoms with Crippen LogP contribution in [0.5, 0.6) is 0 Å². The lowest BCUT2D eigenvalue weighted by molar-refractivity contribution is -0.138. The summed E-state index contributed by atoms with van der Waals surface area (Å²) in [5, 5.41) is 10.5. The summed E-state index contributed by atoms with van der Waals surface area (Å²) in [7, 11) is 0. The maximum absolute atomic E-state index is 11.5. The monoisotopic (exact) mass is 382 g/mol. The van der Waals surface area contributed by atoms with Gasteiger partial charge in [-0.1, -0.05) is 20.8 Å². The third kappa shape index (κ3) is 4.03. The minimum atomic E-state index is -0.875. The maximum atomic E-state index is 11.5. The number of carboxylic acid groups (broad SMARTS) is 1. The molecule has 2 heterocycles. The quantitative estimate of drug-likeness (QED) is 0.560. The molecule has 2 N–H and O–H groups in total. The van der Waals surface area contributed by atoms with Crippen molar-refractivity contribution in [3.8, 4) is 11.4 Å². The molecule has 2 aromatic heterocycles. The fraction of sp³-hybridized carbons (Fsp3) is 0.364. The highest BCUT2D eigenvalue weighted by molar-refractivity contribution is 8.01. The van der Waals surface area contributed by atoms with Crippen molar-refractivity contribution in [3.05, 3.63) is 47.7 Å². The van der Waals surface area contributed by atoms with Crippen molar-refractivity contribution in [2.45, 2.75) is 56.6 Å². The van der Waals surface area contributed by atoms with Crippen LogP contribution in [0.3, 0.4) is 0 Å². The Kier molecular flexibility index (Phi) is 4.85. The van der Waals surface area contributed by atoms with E-state index in [1.165, 1.54) is 17.3 Å². The van der Waals surface area contributed by atoms with E-state index in [-0.39, 0.29) is 5.41 Å². The van der Waals surface area contributed by atoms with Crippen LogP contribution in [-0.4, -0.2) is 25.8 Å². The van der Waals surface area contributed by atoms with Crippen LogP contribution in [0.15, 0.2) is 41.4 Å². The van der Waals surface area contributed by atoms with E-state index < -0.39 is 10.7 Å².